The number of ketones is 2. The highest BCUT2D eigenvalue weighted by Crippen LogP contribution is 2.18. The molecule has 0 saturated carbocycles. The Morgan fingerprint density at radius 1 is 1.14 bits per heavy atom. The summed E-state index contributed by atoms with van der Waals surface area (Å²) in [7, 11) is 0. The van der Waals surface area contributed by atoms with E-state index in [0.717, 1.165) is 0 Å². The first kappa shape index (κ1) is 8.88. The molecule has 0 heterocycles. The SMILES string of the molecule is O=C1CCC=C1C(=O)c1ccccc1. The minimum atomic E-state index is -0.145. The fourth-order valence-corrected chi connectivity index (χ4v) is 1.56. The molecule has 0 amide bonds. The number of carbonyl (C=O) groups excluding carboxylic acids is 2. The van der Waals surface area contributed by atoms with Crippen LogP contribution in [0.2, 0.25) is 0 Å². The summed E-state index contributed by atoms with van der Waals surface area (Å²) in [5.74, 6) is -0.174. The van der Waals surface area contributed by atoms with Crippen LogP contribution < -0.4 is 0 Å². The molecule has 1 aromatic rings. The monoisotopic (exact) mass is 186 g/mol. The van der Waals surface area contributed by atoms with Crippen LogP contribution in [-0.2, 0) is 4.79 Å². The lowest BCUT2D eigenvalue weighted by molar-refractivity contribution is -0.114. The third-order valence-electron chi connectivity index (χ3n) is 2.30. The maximum atomic E-state index is 11.8. The molecule has 0 bridgehead atoms. The van der Waals surface area contributed by atoms with E-state index >= 15 is 0 Å². The topological polar surface area (TPSA) is 34.1 Å². The molecule has 0 atom stereocenters. The summed E-state index contributed by atoms with van der Waals surface area (Å²) in [5, 5.41) is 0. The van der Waals surface area contributed by atoms with Crippen molar-refractivity contribution in [2.45, 2.75) is 12.8 Å². The molecule has 0 aromatic heterocycles. The van der Waals surface area contributed by atoms with Gasteiger partial charge in [-0.3, -0.25) is 9.59 Å². The summed E-state index contributed by atoms with van der Waals surface area (Å²) < 4.78 is 0. The van der Waals surface area contributed by atoms with Gasteiger partial charge in [0.2, 0.25) is 0 Å². The van der Waals surface area contributed by atoms with E-state index in [0.29, 0.717) is 24.0 Å². The number of benzene rings is 1. The number of Topliss-reactive ketones (excluding diaryl/α,β-unsaturated/α-hetero) is 2. The van der Waals surface area contributed by atoms with Crippen LogP contribution in [0.5, 0.6) is 0 Å². The lowest BCUT2D eigenvalue weighted by Gasteiger charge is -1.99. The third kappa shape index (κ3) is 1.51. The first-order chi connectivity index (χ1) is 6.79. The second kappa shape index (κ2) is 3.58. The van der Waals surface area contributed by atoms with Gasteiger partial charge in [0.25, 0.3) is 0 Å². The van der Waals surface area contributed by atoms with E-state index < -0.39 is 0 Å². The second-order valence-electron chi connectivity index (χ2n) is 3.27. The van der Waals surface area contributed by atoms with Crippen molar-refractivity contribution in [2.75, 3.05) is 0 Å². The molecule has 0 spiro atoms. The summed E-state index contributed by atoms with van der Waals surface area (Å²) in [5.41, 5.74) is 0.949. The Kier molecular flexibility index (Phi) is 2.27. The zero-order valence-corrected chi connectivity index (χ0v) is 7.69. The van der Waals surface area contributed by atoms with Crippen molar-refractivity contribution in [1.82, 2.24) is 0 Å². The van der Waals surface area contributed by atoms with Crippen LogP contribution in [0.25, 0.3) is 0 Å². The molecule has 0 saturated heterocycles. The predicted octanol–water partition coefficient (Wildman–Crippen LogP) is 2.16. The highest BCUT2D eigenvalue weighted by molar-refractivity contribution is 6.27. The quantitative estimate of drug-likeness (QED) is 0.524. The zero-order valence-electron chi connectivity index (χ0n) is 7.69. The van der Waals surface area contributed by atoms with Gasteiger partial charge in [0.05, 0.1) is 5.57 Å². The molecule has 0 N–H and O–H groups in total. The highest BCUT2D eigenvalue weighted by Gasteiger charge is 2.22. The maximum absolute atomic E-state index is 11.8. The van der Waals surface area contributed by atoms with Crippen molar-refractivity contribution in [1.29, 1.82) is 0 Å². The molecule has 14 heavy (non-hydrogen) atoms. The Morgan fingerprint density at radius 2 is 1.86 bits per heavy atom. The molecule has 0 radical (unpaired) electrons. The fourth-order valence-electron chi connectivity index (χ4n) is 1.56. The van der Waals surface area contributed by atoms with Gasteiger partial charge in [0.15, 0.2) is 11.6 Å². The smallest absolute Gasteiger partial charge is 0.196 e. The molecule has 1 aliphatic rings. The minimum absolute atomic E-state index is 0.0288. The van der Waals surface area contributed by atoms with E-state index in [1.807, 2.05) is 6.07 Å². The van der Waals surface area contributed by atoms with Crippen molar-refractivity contribution in [2.24, 2.45) is 0 Å². The number of hydrogen-bond acceptors (Lipinski definition) is 2. The van der Waals surface area contributed by atoms with E-state index in [9.17, 15) is 9.59 Å². The first-order valence-electron chi connectivity index (χ1n) is 4.62. The van der Waals surface area contributed by atoms with Gasteiger partial charge in [-0.2, -0.15) is 0 Å². The molecule has 1 aromatic carbocycles. The normalized spacial score (nSPS) is 15.4. The largest absolute Gasteiger partial charge is 0.294 e. The molecule has 0 aliphatic heterocycles. The second-order valence-corrected chi connectivity index (χ2v) is 3.27. The summed E-state index contributed by atoms with van der Waals surface area (Å²) in [6.45, 7) is 0. The standard InChI is InChI=1S/C12H10O2/c13-11-8-4-7-10(11)12(14)9-5-2-1-3-6-9/h1-3,5-7H,4,8H2. The summed E-state index contributed by atoms with van der Waals surface area (Å²) in [6, 6.07) is 8.91. The van der Waals surface area contributed by atoms with Gasteiger partial charge in [-0.15, -0.1) is 0 Å². The lowest BCUT2D eigenvalue weighted by Crippen LogP contribution is -2.08. The van der Waals surface area contributed by atoms with Crippen LogP contribution in [0, 0.1) is 0 Å². The van der Waals surface area contributed by atoms with E-state index in [1.54, 1.807) is 30.3 Å². The summed E-state index contributed by atoms with van der Waals surface area (Å²) >= 11 is 0. The number of hydrogen-bond donors (Lipinski definition) is 0. The lowest BCUT2D eigenvalue weighted by atomic mass is 10.0. The molecule has 2 heteroatoms. The van der Waals surface area contributed by atoms with E-state index in [2.05, 4.69) is 0 Å². The molecular formula is C12H10O2. The molecule has 2 rings (SSSR count). The predicted molar refractivity (Wildman–Crippen MR) is 53.1 cm³/mol. The number of carbonyl (C=O) groups is 2. The van der Waals surface area contributed by atoms with E-state index in [1.165, 1.54) is 0 Å². The van der Waals surface area contributed by atoms with Crippen molar-refractivity contribution in [3.8, 4) is 0 Å². The van der Waals surface area contributed by atoms with E-state index in [4.69, 9.17) is 0 Å². The van der Waals surface area contributed by atoms with Crippen LogP contribution in [0.4, 0.5) is 0 Å². The summed E-state index contributed by atoms with van der Waals surface area (Å²) in [6.07, 6.45) is 2.91. The van der Waals surface area contributed by atoms with Gasteiger partial charge in [0, 0.05) is 12.0 Å². The Labute approximate surface area is 82.2 Å². The van der Waals surface area contributed by atoms with Crippen molar-refractivity contribution in [3.05, 3.63) is 47.5 Å². The van der Waals surface area contributed by atoms with Crippen LogP contribution in [-0.4, -0.2) is 11.6 Å². The van der Waals surface area contributed by atoms with Crippen LogP contribution in [0.3, 0.4) is 0 Å². The van der Waals surface area contributed by atoms with Crippen molar-refractivity contribution < 1.29 is 9.59 Å². The number of rotatable bonds is 2. The molecule has 0 fully saturated rings. The van der Waals surface area contributed by atoms with E-state index in [-0.39, 0.29) is 11.6 Å². The van der Waals surface area contributed by atoms with Gasteiger partial charge in [-0.1, -0.05) is 36.4 Å². The van der Waals surface area contributed by atoms with Gasteiger partial charge < -0.3 is 0 Å². The third-order valence-corrected chi connectivity index (χ3v) is 2.30. The first-order valence-corrected chi connectivity index (χ1v) is 4.62. The molecule has 1 aliphatic carbocycles. The average Bonchev–Trinajstić information content (AvgIpc) is 2.65. The molecule has 70 valence electrons. The Bertz CT molecular complexity index is 402. The molecule has 2 nitrogen and oxygen atoms in total. The Hall–Kier alpha value is -1.70. The Balaban J connectivity index is 2.29. The van der Waals surface area contributed by atoms with Crippen LogP contribution >= 0.6 is 0 Å². The van der Waals surface area contributed by atoms with Crippen molar-refractivity contribution >= 4 is 11.6 Å². The van der Waals surface area contributed by atoms with Crippen LogP contribution in [0.1, 0.15) is 23.2 Å². The van der Waals surface area contributed by atoms with Gasteiger partial charge in [0.1, 0.15) is 0 Å². The average molecular weight is 186 g/mol. The van der Waals surface area contributed by atoms with Gasteiger partial charge in [-0.05, 0) is 6.42 Å². The highest BCUT2D eigenvalue weighted by atomic mass is 16.1. The number of allylic oxidation sites excluding steroid dienone is 2. The van der Waals surface area contributed by atoms with Gasteiger partial charge in [-0.25, -0.2) is 0 Å². The fraction of sp³-hybridized carbons (Fsp3) is 0.167. The molecule has 0 unspecified atom stereocenters. The van der Waals surface area contributed by atoms with Gasteiger partial charge >= 0.3 is 0 Å². The van der Waals surface area contributed by atoms with Crippen LogP contribution in [0.15, 0.2) is 42.0 Å². The minimum Gasteiger partial charge on any atom is -0.294 e. The summed E-state index contributed by atoms with van der Waals surface area (Å²) in [4.78, 5) is 23.1. The maximum Gasteiger partial charge on any atom is 0.196 e. The Morgan fingerprint density at radius 3 is 2.43 bits per heavy atom. The zero-order chi connectivity index (χ0) is 9.97. The molecular weight excluding hydrogens is 176 g/mol. The van der Waals surface area contributed by atoms with Crippen molar-refractivity contribution in [3.63, 3.8) is 0 Å².